The number of hydrogen-bond donors (Lipinski definition) is 3. The summed E-state index contributed by atoms with van der Waals surface area (Å²) < 4.78 is 5.06. The Balaban J connectivity index is 1.83. The van der Waals surface area contributed by atoms with Crippen LogP contribution in [0.15, 0.2) is 10.8 Å². The van der Waals surface area contributed by atoms with Crippen molar-refractivity contribution in [1.82, 2.24) is 15.6 Å². The Morgan fingerprint density at radius 2 is 2.47 bits per heavy atom. The summed E-state index contributed by atoms with van der Waals surface area (Å²) >= 11 is 0. The number of nitrogens with one attached hydrogen (secondary N) is 2. The molecule has 6 nitrogen and oxygen atoms in total. The first-order valence-corrected chi connectivity index (χ1v) is 6.59. The van der Waals surface area contributed by atoms with E-state index in [4.69, 9.17) is 4.42 Å². The number of aliphatic hydroxyl groups excluding tert-OH is 1. The maximum absolute atomic E-state index is 11.8. The van der Waals surface area contributed by atoms with Crippen LogP contribution in [0, 0.1) is 12.3 Å². The van der Waals surface area contributed by atoms with E-state index in [2.05, 4.69) is 15.6 Å². The van der Waals surface area contributed by atoms with Crippen molar-refractivity contribution < 1.29 is 14.3 Å². The van der Waals surface area contributed by atoms with Crippen LogP contribution >= 0.6 is 0 Å². The summed E-state index contributed by atoms with van der Waals surface area (Å²) in [5.41, 5.74) is 0.521. The van der Waals surface area contributed by atoms with Crippen LogP contribution in [0.2, 0.25) is 0 Å². The van der Waals surface area contributed by atoms with Gasteiger partial charge in [0.25, 0.3) is 0 Å². The number of hydrogen-bond acceptors (Lipinski definition) is 4. The highest BCUT2D eigenvalue weighted by Gasteiger charge is 2.39. The molecule has 106 valence electrons. The maximum atomic E-state index is 11.8. The lowest BCUT2D eigenvalue weighted by Crippen LogP contribution is -2.48. The van der Waals surface area contributed by atoms with E-state index in [1.165, 1.54) is 6.39 Å². The zero-order chi connectivity index (χ0) is 13.9. The molecule has 2 atom stereocenters. The van der Waals surface area contributed by atoms with Crippen molar-refractivity contribution in [3.8, 4) is 0 Å². The molecule has 1 aromatic heterocycles. The molecule has 6 heteroatoms. The molecule has 0 aliphatic heterocycles. The van der Waals surface area contributed by atoms with Crippen LogP contribution in [0.4, 0.5) is 4.79 Å². The van der Waals surface area contributed by atoms with Crippen molar-refractivity contribution in [2.45, 2.75) is 45.7 Å². The second-order valence-electron chi connectivity index (χ2n) is 5.44. The number of amides is 2. The summed E-state index contributed by atoms with van der Waals surface area (Å²) in [5, 5.41) is 15.1. The number of aryl methyl sites for hydroxylation is 1. The van der Waals surface area contributed by atoms with E-state index in [1.54, 1.807) is 0 Å². The van der Waals surface area contributed by atoms with Gasteiger partial charge >= 0.3 is 6.03 Å². The number of carbonyl (C=O) groups excluding carboxylic acids is 1. The molecule has 1 aliphatic carbocycles. The lowest BCUT2D eigenvalue weighted by atomic mass is 9.86. The third-order valence-electron chi connectivity index (χ3n) is 4.01. The fraction of sp³-hybridized carbons (Fsp3) is 0.692. The van der Waals surface area contributed by atoms with Gasteiger partial charge < -0.3 is 20.2 Å². The van der Waals surface area contributed by atoms with E-state index in [1.807, 2.05) is 13.8 Å². The topological polar surface area (TPSA) is 87.4 Å². The van der Waals surface area contributed by atoms with Gasteiger partial charge in [0, 0.05) is 11.5 Å². The fourth-order valence-corrected chi connectivity index (χ4v) is 2.54. The predicted octanol–water partition coefficient (Wildman–Crippen LogP) is 1.33. The zero-order valence-electron chi connectivity index (χ0n) is 11.4. The van der Waals surface area contributed by atoms with Gasteiger partial charge in [-0.25, -0.2) is 9.78 Å². The van der Waals surface area contributed by atoms with Crippen molar-refractivity contribution in [3.63, 3.8) is 0 Å². The molecular weight excluding hydrogens is 246 g/mol. The first-order valence-electron chi connectivity index (χ1n) is 6.59. The van der Waals surface area contributed by atoms with Gasteiger partial charge in [0.1, 0.15) is 11.5 Å². The minimum absolute atomic E-state index is 0.0240. The molecule has 2 rings (SSSR count). The fourth-order valence-electron chi connectivity index (χ4n) is 2.54. The quantitative estimate of drug-likeness (QED) is 0.768. The summed E-state index contributed by atoms with van der Waals surface area (Å²) in [6, 6.07) is -0.204. The van der Waals surface area contributed by atoms with Gasteiger partial charge in [-0.2, -0.15) is 0 Å². The van der Waals surface area contributed by atoms with E-state index in [9.17, 15) is 9.90 Å². The lowest BCUT2D eigenvalue weighted by molar-refractivity contribution is 0.121. The molecule has 0 aromatic carbocycles. The highest BCUT2D eigenvalue weighted by Crippen LogP contribution is 2.37. The molecule has 0 spiro atoms. The van der Waals surface area contributed by atoms with Crippen LogP contribution in [0.25, 0.3) is 0 Å². The number of carbonyl (C=O) groups is 1. The van der Waals surface area contributed by atoms with Gasteiger partial charge in [0.15, 0.2) is 6.39 Å². The highest BCUT2D eigenvalue weighted by atomic mass is 16.3. The number of aromatic nitrogens is 1. The van der Waals surface area contributed by atoms with Crippen LogP contribution in [0.5, 0.6) is 0 Å². The molecule has 0 saturated heterocycles. The van der Waals surface area contributed by atoms with Gasteiger partial charge in [-0.15, -0.1) is 0 Å². The van der Waals surface area contributed by atoms with Crippen LogP contribution in [-0.4, -0.2) is 28.8 Å². The molecule has 19 heavy (non-hydrogen) atoms. The standard InChI is InChI=1S/C13H21N3O3/c1-9-10(15-8-19-9)6-14-12(18)16-11-4-3-5-13(11,2)7-17/h8,11,17H,3-7H2,1-2H3,(H2,14,16,18). The van der Waals surface area contributed by atoms with Crippen molar-refractivity contribution >= 4 is 6.03 Å². The highest BCUT2D eigenvalue weighted by molar-refractivity contribution is 5.74. The average molecular weight is 267 g/mol. The van der Waals surface area contributed by atoms with Crippen molar-refractivity contribution in [3.05, 3.63) is 17.8 Å². The first kappa shape index (κ1) is 13.9. The third kappa shape index (κ3) is 3.07. The van der Waals surface area contributed by atoms with Gasteiger partial charge in [0.05, 0.1) is 13.2 Å². The molecule has 1 aliphatic rings. The van der Waals surface area contributed by atoms with Crippen molar-refractivity contribution in [2.75, 3.05) is 6.61 Å². The van der Waals surface area contributed by atoms with Crippen molar-refractivity contribution in [2.24, 2.45) is 5.41 Å². The normalized spacial score (nSPS) is 26.4. The van der Waals surface area contributed by atoms with Gasteiger partial charge in [-0.1, -0.05) is 13.3 Å². The molecule has 1 heterocycles. The van der Waals surface area contributed by atoms with Gasteiger partial charge in [0.2, 0.25) is 0 Å². The maximum Gasteiger partial charge on any atom is 0.315 e. The minimum atomic E-state index is -0.228. The zero-order valence-corrected chi connectivity index (χ0v) is 11.4. The Morgan fingerprint density at radius 1 is 1.68 bits per heavy atom. The molecule has 2 amide bonds. The average Bonchev–Trinajstić information content (AvgIpc) is 2.95. The van der Waals surface area contributed by atoms with Crippen LogP contribution < -0.4 is 10.6 Å². The minimum Gasteiger partial charge on any atom is -0.448 e. The van der Waals surface area contributed by atoms with Crippen molar-refractivity contribution in [1.29, 1.82) is 0 Å². The van der Waals surface area contributed by atoms with E-state index in [0.717, 1.165) is 25.0 Å². The largest absolute Gasteiger partial charge is 0.448 e. The molecule has 2 unspecified atom stereocenters. The summed E-state index contributed by atoms with van der Waals surface area (Å²) in [6.45, 7) is 4.26. The van der Waals surface area contributed by atoms with Crippen LogP contribution in [0.3, 0.4) is 0 Å². The SMILES string of the molecule is Cc1ocnc1CNC(=O)NC1CCCC1(C)CO. The molecule has 0 bridgehead atoms. The van der Waals surface area contributed by atoms with Crippen LogP contribution in [0.1, 0.15) is 37.6 Å². The molecular formula is C13H21N3O3. The van der Waals surface area contributed by atoms with E-state index in [-0.39, 0.29) is 24.1 Å². The molecule has 0 radical (unpaired) electrons. The number of rotatable bonds is 4. The van der Waals surface area contributed by atoms with Crippen LogP contribution in [-0.2, 0) is 6.54 Å². The number of oxazole rings is 1. The van der Waals surface area contributed by atoms with E-state index >= 15 is 0 Å². The Bertz CT molecular complexity index is 446. The molecule has 1 aromatic rings. The van der Waals surface area contributed by atoms with E-state index < -0.39 is 0 Å². The second kappa shape index (κ2) is 5.61. The summed E-state index contributed by atoms with van der Waals surface area (Å²) in [7, 11) is 0. The second-order valence-corrected chi connectivity index (χ2v) is 5.44. The lowest BCUT2D eigenvalue weighted by Gasteiger charge is -2.30. The Kier molecular flexibility index (Phi) is 4.09. The molecule has 1 fully saturated rings. The van der Waals surface area contributed by atoms with Gasteiger partial charge in [-0.3, -0.25) is 0 Å². The van der Waals surface area contributed by atoms with Gasteiger partial charge in [-0.05, 0) is 19.8 Å². The smallest absolute Gasteiger partial charge is 0.315 e. The monoisotopic (exact) mass is 267 g/mol. The summed E-state index contributed by atoms with van der Waals surface area (Å²) in [6.07, 6.45) is 4.25. The first-order chi connectivity index (χ1) is 9.05. The Hall–Kier alpha value is -1.56. The molecule has 3 N–H and O–H groups in total. The van der Waals surface area contributed by atoms with E-state index in [0.29, 0.717) is 12.3 Å². The Morgan fingerprint density at radius 3 is 3.11 bits per heavy atom. The third-order valence-corrected chi connectivity index (χ3v) is 4.01. The Labute approximate surface area is 112 Å². The number of urea groups is 1. The molecule has 1 saturated carbocycles. The predicted molar refractivity (Wildman–Crippen MR) is 69.4 cm³/mol. The number of aliphatic hydroxyl groups is 1. The number of nitrogens with zero attached hydrogens (tertiary/aromatic N) is 1. The summed E-state index contributed by atoms with van der Waals surface area (Å²) in [5.74, 6) is 0.710. The summed E-state index contributed by atoms with van der Waals surface area (Å²) in [4.78, 5) is 15.9.